The first kappa shape index (κ1) is 23.1. The Morgan fingerprint density at radius 2 is 1.31 bits per heavy atom. The van der Waals surface area contributed by atoms with Crippen LogP contribution in [0.2, 0.25) is 0 Å². The standard InChI is InChI=1S/C29H25N3O4/c1-29(18-7-5-4-6-8-18)28(34)25-26(32-29)23(30-19-9-13-21(35-2)14-10-19)17-24(33)27(25)31-20-11-15-22(36-3)16-12-20/h4-17,30-31H,1-3H3. The molecule has 0 radical (unpaired) electrons. The molecule has 5 rings (SSSR count). The number of rotatable bonds is 7. The highest BCUT2D eigenvalue weighted by Crippen LogP contribution is 2.40. The van der Waals surface area contributed by atoms with Crippen LogP contribution in [0.1, 0.15) is 12.5 Å². The second-order valence-electron chi connectivity index (χ2n) is 8.61. The Labute approximate surface area is 209 Å². The van der Waals surface area contributed by atoms with Crippen molar-refractivity contribution in [2.24, 2.45) is 4.99 Å². The number of methoxy groups -OCH3 is 2. The summed E-state index contributed by atoms with van der Waals surface area (Å²) in [5.74, 6) is 0.845. The topological polar surface area (TPSA) is 89.0 Å². The van der Waals surface area contributed by atoms with Gasteiger partial charge in [0, 0.05) is 17.5 Å². The Bertz CT molecular complexity index is 1420. The number of benzene rings is 3. The zero-order chi connectivity index (χ0) is 25.3. The van der Waals surface area contributed by atoms with Crippen molar-refractivity contribution >= 4 is 28.7 Å². The van der Waals surface area contributed by atoms with Crippen LogP contribution in [-0.2, 0) is 15.1 Å². The van der Waals surface area contributed by atoms with Gasteiger partial charge in [-0.1, -0.05) is 30.3 Å². The van der Waals surface area contributed by atoms with Crippen molar-refractivity contribution in [2.45, 2.75) is 12.5 Å². The Balaban J connectivity index is 1.58. The van der Waals surface area contributed by atoms with Gasteiger partial charge < -0.3 is 20.1 Å². The van der Waals surface area contributed by atoms with Gasteiger partial charge in [0.15, 0.2) is 5.78 Å². The van der Waals surface area contributed by atoms with E-state index in [4.69, 9.17) is 14.5 Å². The number of hydrogen-bond donors (Lipinski definition) is 2. The summed E-state index contributed by atoms with van der Waals surface area (Å²) in [4.78, 5) is 32.2. The van der Waals surface area contributed by atoms with Gasteiger partial charge in [0.1, 0.15) is 17.0 Å². The Morgan fingerprint density at radius 1 is 0.750 bits per heavy atom. The number of ether oxygens (including phenoxy) is 2. The highest BCUT2D eigenvalue weighted by Gasteiger charge is 2.48. The van der Waals surface area contributed by atoms with E-state index < -0.39 is 5.54 Å². The quantitative estimate of drug-likeness (QED) is 0.469. The molecule has 0 bridgehead atoms. The summed E-state index contributed by atoms with van der Waals surface area (Å²) >= 11 is 0. The van der Waals surface area contributed by atoms with Crippen molar-refractivity contribution in [1.82, 2.24) is 0 Å². The molecule has 3 aromatic carbocycles. The summed E-state index contributed by atoms with van der Waals surface area (Å²) in [6, 6.07) is 23.9. The lowest BCUT2D eigenvalue weighted by atomic mass is 9.84. The summed E-state index contributed by atoms with van der Waals surface area (Å²) in [6.07, 6.45) is 1.47. The number of nitrogens with zero attached hydrogens (tertiary/aromatic N) is 1. The summed E-state index contributed by atoms with van der Waals surface area (Å²) in [5, 5.41) is 6.42. The zero-order valence-electron chi connectivity index (χ0n) is 20.2. The molecule has 7 heteroatoms. The fourth-order valence-electron chi connectivity index (χ4n) is 4.33. The van der Waals surface area contributed by atoms with E-state index in [2.05, 4.69) is 10.6 Å². The van der Waals surface area contributed by atoms with E-state index in [0.717, 1.165) is 11.3 Å². The van der Waals surface area contributed by atoms with Gasteiger partial charge >= 0.3 is 0 Å². The number of aliphatic imine (C=N–C) groups is 1. The van der Waals surface area contributed by atoms with Gasteiger partial charge in [-0.05, 0) is 61.0 Å². The summed E-state index contributed by atoms with van der Waals surface area (Å²) < 4.78 is 10.5. The van der Waals surface area contributed by atoms with Gasteiger partial charge in [0.05, 0.1) is 36.9 Å². The largest absolute Gasteiger partial charge is 0.497 e. The molecule has 3 aromatic rings. The molecule has 1 atom stereocenters. The second-order valence-corrected chi connectivity index (χ2v) is 8.61. The Morgan fingerprint density at radius 3 is 1.86 bits per heavy atom. The van der Waals surface area contributed by atoms with Crippen molar-refractivity contribution in [3.63, 3.8) is 0 Å². The molecule has 180 valence electrons. The summed E-state index contributed by atoms with van der Waals surface area (Å²) in [7, 11) is 3.19. The first-order valence-electron chi connectivity index (χ1n) is 11.5. The highest BCUT2D eigenvalue weighted by molar-refractivity contribution is 6.41. The molecule has 1 aliphatic carbocycles. The number of Topliss-reactive ketones (excluding diaryl/α,β-unsaturated/α-hetero) is 1. The molecule has 1 heterocycles. The Kier molecular flexibility index (Phi) is 5.90. The fourth-order valence-corrected chi connectivity index (χ4v) is 4.33. The maximum atomic E-state index is 13.9. The third-order valence-electron chi connectivity index (χ3n) is 6.33. The molecule has 2 aliphatic rings. The van der Waals surface area contributed by atoms with Crippen molar-refractivity contribution in [2.75, 3.05) is 24.9 Å². The van der Waals surface area contributed by atoms with Gasteiger partial charge in [-0.3, -0.25) is 14.6 Å². The Hall–Kier alpha value is -4.65. The molecular weight excluding hydrogens is 454 g/mol. The summed E-state index contributed by atoms with van der Waals surface area (Å²) in [5.41, 5.74) is 2.36. The average molecular weight is 480 g/mol. The number of allylic oxidation sites excluding steroid dienone is 2. The predicted molar refractivity (Wildman–Crippen MR) is 140 cm³/mol. The van der Waals surface area contributed by atoms with Crippen molar-refractivity contribution in [3.05, 3.63) is 107 Å². The number of fused-ring (bicyclic) bond motifs is 1. The number of nitrogens with one attached hydrogen (secondary N) is 2. The number of anilines is 2. The molecule has 0 fully saturated rings. The lowest BCUT2D eigenvalue weighted by Gasteiger charge is -2.21. The molecule has 0 spiro atoms. The van der Waals surface area contributed by atoms with Crippen LogP contribution in [-0.4, -0.2) is 31.5 Å². The van der Waals surface area contributed by atoms with Crippen LogP contribution in [0.25, 0.3) is 0 Å². The minimum absolute atomic E-state index is 0.198. The molecule has 36 heavy (non-hydrogen) atoms. The molecule has 0 saturated heterocycles. The molecule has 7 nitrogen and oxygen atoms in total. The van der Waals surface area contributed by atoms with Crippen LogP contribution < -0.4 is 20.1 Å². The summed E-state index contributed by atoms with van der Waals surface area (Å²) in [6.45, 7) is 1.78. The molecule has 1 aliphatic heterocycles. The van der Waals surface area contributed by atoms with Crippen LogP contribution in [0.5, 0.6) is 11.5 Å². The maximum absolute atomic E-state index is 13.9. The highest BCUT2D eigenvalue weighted by atomic mass is 16.5. The van der Waals surface area contributed by atoms with E-state index in [-0.39, 0.29) is 22.8 Å². The number of hydrogen-bond acceptors (Lipinski definition) is 7. The number of carbonyl (C=O) groups is 2. The second kappa shape index (κ2) is 9.19. The molecular formula is C29H25N3O4. The zero-order valence-corrected chi connectivity index (χ0v) is 20.2. The smallest absolute Gasteiger partial charge is 0.204 e. The monoisotopic (exact) mass is 479 g/mol. The fraction of sp³-hybridized carbons (Fsp3) is 0.138. The molecule has 0 aromatic heterocycles. The van der Waals surface area contributed by atoms with Crippen LogP contribution in [0.15, 0.2) is 107 Å². The lowest BCUT2D eigenvalue weighted by molar-refractivity contribution is -0.119. The third kappa shape index (κ3) is 4.05. The maximum Gasteiger partial charge on any atom is 0.204 e. The van der Waals surface area contributed by atoms with Gasteiger partial charge in [-0.25, -0.2) is 0 Å². The van der Waals surface area contributed by atoms with Crippen LogP contribution in [0, 0.1) is 0 Å². The first-order valence-corrected chi connectivity index (χ1v) is 11.5. The average Bonchev–Trinajstić information content (AvgIpc) is 3.19. The van der Waals surface area contributed by atoms with E-state index >= 15 is 0 Å². The minimum Gasteiger partial charge on any atom is -0.497 e. The van der Waals surface area contributed by atoms with Crippen LogP contribution in [0.4, 0.5) is 11.4 Å². The van der Waals surface area contributed by atoms with E-state index in [1.54, 1.807) is 45.4 Å². The third-order valence-corrected chi connectivity index (χ3v) is 6.33. The minimum atomic E-state index is -1.16. The van der Waals surface area contributed by atoms with Crippen molar-refractivity contribution < 1.29 is 19.1 Å². The van der Waals surface area contributed by atoms with Crippen molar-refractivity contribution in [3.8, 4) is 11.5 Å². The molecule has 0 amide bonds. The predicted octanol–water partition coefficient (Wildman–Crippen LogP) is 4.89. The lowest BCUT2D eigenvalue weighted by Crippen LogP contribution is -2.31. The number of carbonyl (C=O) groups excluding carboxylic acids is 2. The van der Waals surface area contributed by atoms with E-state index in [1.165, 1.54) is 6.08 Å². The van der Waals surface area contributed by atoms with Crippen molar-refractivity contribution in [1.29, 1.82) is 0 Å². The van der Waals surface area contributed by atoms with Crippen LogP contribution >= 0.6 is 0 Å². The van der Waals surface area contributed by atoms with E-state index in [9.17, 15) is 9.59 Å². The molecule has 0 saturated carbocycles. The first-order chi connectivity index (χ1) is 17.4. The molecule has 2 N–H and O–H groups in total. The van der Waals surface area contributed by atoms with E-state index in [0.29, 0.717) is 28.6 Å². The van der Waals surface area contributed by atoms with Gasteiger partial charge in [0.25, 0.3) is 0 Å². The number of ketones is 2. The normalized spacial score (nSPS) is 18.9. The SMILES string of the molecule is COc1ccc(NC2=CC(=O)C(Nc3ccc(OC)cc3)=C3C(=O)C(C)(c4ccccc4)N=C23)cc1. The van der Waals surface area contributed by atoms with Gasteiger partial charge in [-0.2, -0.15) is 0 Å². The van der Waals surface area contributed by atoms with E-state index in [1.807, 2.05) is 54.6 Å². The van der Waals surface area contributed by atoms with Gasteiger partial charge in [-0.15, -0.1) is 0 Å². The van der Waals surface area contributed by atoms with Crippen LogP contribution in [0.3, 0.4) is 0 Å². The van der Waals surface area contributed by atoms with Gasteiger partial charge in [0.2, 0.25) is 5.78 Å². The molecule has 1 unspecified atom stereocenters.